The van der Waals surface area contributed by atoms with Crippen LogP contribution in [0.15, 0.2) is 78.5 Å². The number of aromatic nitrogens is 1. The molecule has 3 aromatic carbocycles. The van der Waals surface area contributed by atoms with Crippen molar-refractivity contribution in [3.05, 3.63) is 95.2 Å². The molecule has 1 atom stereocenters. The fourth-order valence-corrected chi connectivity index (χ4v) is 4.97. The van der Waals surface area contributed by atoms with Gasteiger partial charge >= 0.3 is 0 Å². The molecule has 2 N–H and O–H groups in total. The fourth-order valence-electron chi connectivity index (χ4n) is 4.97. The number of aromatic amines is 1. The Kier molecular flexibility index (Phi) is 6.79. The molecule has 1 saturated heterocycles. The SMILES string of the molecule is COc1ccc(C(O)=C2C(=O)C(=O)N(CCc3c[nH]c4ccccc34)C2c2cc(OC)ccc2OC)cc1. The summed E-state index contributed by atoms with van der Waals surface area (Å²) in [5, 5.41) is 12.4. The van der Waals surface area contributed by atoms with Crippen LogP contribution in [0.5, 0.6) is 17.2 Å². The molecule has 38 heavy (non-hydrogen) atoms. The molecule has 1 aliphatic heterocycles. The molecule has 4 aromatic rings. The number of methoxy groups -OCH3 is 3. The van der Waals surface area contributed by atoms with Gasteiger partial charge in [0.1, 0.15) is 23.0 Å². The fraction of sp³-hybridized carbons (Fsp3) is 0.200. The molecule has 8 heteroatoms. The van der Waals surface area contributed by atoms with E-state index < -0.39 is 17.7 Å². The van der Waals surface area contributed by atoms with Crippen LogP contribution in [-0.2, 0) is 16.0 Å². The lowest BCUT2D eigenvalue weighted by molar-refractivity contribution is -0.139. The molecule has 8 nitrogen and oxygen atoms in total. The van der Waals surface area contributed by atoms with Gasteiger partial charge < -0.3 is 29.2 Å². The highest BCUT2D eigenvalue weighted by atomic mass is 16.5. The molecule has 1 unspecified atom stereocenters. The Balaban J connectivity index is 1.62. The summed E-state index contributed by atoms with van der Waals surface area (Å²) in [6.07, 6.45) is 2.42. The number of rotatable bonds is 8. The summed E-state index contributed by atoms with van der Waals surface area (Å²) >= 11 is 0. The van der Waals surface area contributed by atoms with Gasteiger partial charge in [0.15, 0.2) is 0 Å². The minimum Gasteiger partial charge on any atom is -0.507 e. The molecule has 0 saturated carbocycles. The summed E-state index contributed by atoms with van der Waals surface area (Å²) < 4.78 is 16.3. The van der Waals surface area contributed by atoms with E-state index in [9.17, 15) is 14.7 Å². The minimum atomic E-state index is -0.882. The van der Waals surface area contributed by atoms with E-state index >= 15 is 0 Å². The first-order valence-corrected chi connectivity index (χ1v) is 12.2. The van der Waals surface area contributed by atoms with E-state index in [1.165, 1.54) is 19.1 Å². The molecule has 5 rings (SSSR count). The molecule has 0 spiro atoms. The lowest BCUT2D eigenvalue weighted by Gasteiger charge is -2.27. The smallest absolute Gasteiger partial charge is 0.295 e. The molecule has 1 fully saturated rings. The average Bonchev–Trinajstić information content (AvgIpc) is 3.49. The first-order valence-electron chi connectivity index (χ1n) is 12.2. The number of hydrogen-bond acceptors (Lipinski definition) is 6. The third-order valence-corrected chi connectivity index (χ3v) is 6.93. The third-order valence-electron chi connectivity index (χ3n) is 6.93. The van der Waals surface area contributed by atoms with Gasteiger partial charge in [0, 0.05) is 34.8 Å². The number of nitrogens with zero attached hydrogens (tertiary/aromatic N) is 1. The first-order chi connectivity index (χ1) is 18.5. The molecule has 194 valence electrons. The number of para-hydroxylation sites is 1. The summed E-state index contributed by atoms with van der Waals surface area (Å²) in [6, 6.07) is 18.9. The minimum absolute atomic E-state index is 0.00866. The lowest BCUT2D eigenvalue weighted by atomic mass is 9.94. The molecular weight excluding hydrogens is 484 g/mol. The summed E-state index contributed by atoms with van der Waals surface area (Å²) in [7, 11) is 4.60. The number of aliphatic hydroxyl groups is 1. The zero-order chi connectivity index (χ0) is 26.8. The van der Waals surface area contributed by atoms with Crippen LogP contribution in [0.25, 0.3) is 16.7 Å². The highest BCUT2D eigenvalue weighted by molar-refractivity contribution is 6.46. The van der Waals surface area contributed by atoms with Gasteiger partial charge in [-0.3, -0.25) is 9.59 Å². The van der Waals surface area contributed by atoms with Gasteiger partial charge in [-0.25, -0.2) is 0 Å². The van der Waals surface area contributed by atoms with Crippen molar-refractivity contribution in [1.82, 2.24) is 9.88 Å². The molecular formula is C30H28N2O6. The van der Waals surface area contributed by atoms with Crippen molar-refractivity contribution in [3.63, 3.8) is 0 Å². The van der Waals surface area contributed by atoms with E-state index in [0.29, 0.717) is 34.8 Å². The maximum Gasteiger partial charge on any atom is 0.295 e. The van der Waals surface area contributed by atoms with Crippen molar-refractivity contribution in [1.29, 1.82) is 0 Å². The van der Waals surface area contributed by atoms with Crippen LogP contribution < -0.4 is 14.2 Å². The monoisotopic (exact) mass is 512 g/mol. The Hall–Kier alpha value is -4.72. The first kappa shape index (κ1) is 25.0. The quantitative estimate of drug-likeness (QED) is 0.199. The number of benzene rings is 3. The number of Topliss-reactive ketones (excluding diaryl/α,β-unsaturated/α-hetero) is 1. The summed E-state index contributed by atoms with van der Waals surface area (Å²) in [5.74, 6) is -0.105. The van der Waals surface area contributed by atoms with E-state index in [0.717, 1.165) is 16.5 Å². The van der Waals surface area contributed by atoms with Crippen LogP contribution >= 0.6 is 0 Å². The second-order valence-corrected chi connectivity index (χ2v) is 8.94. The number of hydrogen-bond donors (Lipinski definition) is 2. The van der Waals surface area contributed by atoms with E-state index in [1.54, 1.807) is 49.6 Å². The van der Waals surface area contributed by atoms with Gasteiger partial charge in [-0.15, -0.1) is 0 Å². The maximum atomic E-state index is 13.5. The molecule has 0 aliphatic carbocycles. The van der Waals surface area contributed by atoms with E-state index in [1.807, 2.05) is 30.5 Å². The Labute approximate surface area is 220 Å². The Morgan fingerprint density at radius 2 is 1.63 bits per heavy atom. The molecule has 2 heterocycles. The number of carbonyl (C=O) groups is 2. The van der Waals surface area contributed by atoms with Gasteiger partial charge in [-0.05, 0) is 60.5 Å². The number of ketones is 1. The summed E-state index contributed by atoms with van der Waals surface area (Å²) in [4.78, 5) is 31.6. The van der Waals surface area contributed by atoms with Crippen LogP contribution in [0, 0.1) is 0 Å². The Morgan fingerprint density at radius 3 is 2.34 bits per heavy atom. The van der Waals surface area contributed by atoms with Crippen LogP contribution in [0.4, 0.5) is 0 Å². The Morgan fingerprint density at radius 1 is 0.921 bits per heavy atom. The molecule has 0 bridgehead atoms. The van der Waals surface area contributed by atoms with Gasteiger partial charge in [0.05, 0.1) is 32.9 Å². The van der Waals surface area contributed by atoms with Gasteiger partial charge in [-0.1, -0.05) is 18.2 Å². The number of carbonyl (C=O) groups excluding carboxylic acids is 2. The number of H-pyrrole nitrogens is 1. The topological polar surface area (TPSA) is 101 Å². The average molecular weight is 513 g/mol. The highest BCUT2D eigenvalue weighted by Crippen LogP contribution is 2.44. The van der Waals surface area contributed by atoms with Crippen molar-refractivity contribution in [3.8, 4) is 17.2 Å². The van der Waals surface area contributed by atoms with Crippen molar-refractivity contribution < 1.29 is 28.9 Å². The van der Waals surface area contributed by atoms with Crippen molar-refractivity contribution >= 4 is 28.4 Å². The van der Waals surface area contributed by atoms with Crippen LogP contribution in [0.3, 0.4) is 0 Å². The summed E-state index contributed by atoms with van der Waals surface area (Å²) in [5.41, 5.74) is 2.95. The number of fused-ring (bicyclic) bond motifs is 1. The highest BCUT2D eigenvalue weighted by Gasteiger charge is 2.47. The number of ether oxygens (including phenoxy) is 3. The zero-order valence-corrected chi connectivity index (χ0v) is 21.4. The number of nitrogens with one attached hydrogen (secondary N) is 1. The van der Waals surface area contributed by atoms with E-state index in [4.69, 9.17) is 14.2 Å². The van der Waals surface area contributed by atoms with Crippen molar-refractivity contribution in [2.45, 2.75) is 12.5 Å². The second kappa shape index (κ2) is 10.3. The number of aliphatic hydroxyl groups excluding tert-OH is 1. The van der Waals surface area contributed by atoms with Crippen molar-refractivity contribution in [2.75, 3.05) is 27.9 Å². The summed E-state index contributed by atoms with van der Waals surface area (Å²) in [6.45, 7) is 0.247. The zero-order valence-electron chi connectivity index (χ0n) is 21.4. The molecule has 1 aromatic heterocycles. The van der Waals surface area contributed by atoms with Crippen LogP contribution in [-0.4, -0.2) is 54.6 Å². The van der Waals surface area contributed by atoms with Crippen LogP contribution in [0.1, 0.15) is 22.7 Å². The maximum absolute atomic E-state index is 13.5. The lowest BCUT2D eigenvalue weighted by Crippen LogP contribution is -2.31. The normalized spacial score (nSPS) is 16.7. The van der Waals surface area contributed by atoms with Gasteiger partial charge in [-0.2, -0.15) is 0 Å². The number of amides is 1. The number of likely N-dealkylation sites (tertiary alicyclic amines) is 1. The predicted octanol–water partition coefficient (Wildman–Crippen LogP) is 4.86. The predicted molar refractivity (Wildman–Crippen MR) is 144 cm³/mol. The Bertz CT molecular complexity index is 1540. The molecule has 1 amide bonds. The molecule has 1 aliphatic rings. The second-order valence-electron chi connectivity index (χ2n) is 8.94. The van der Waals surface area contributed by atoms with Gasteiger partial charge in [0.25, 0.3) is 11.7 Å². The van der Waals surface area contributed by atoms with Gasteiger partial charge in [0.2, 0.25) is 0 Å². The third kappa shape index (κ3) is 4.34. The van der Waals surface area contributed by atoms with Crippen molar-refractivity contribution in [2.24, 2.45) is 0 Å². The molecule has 0 radical (unpaired) electrons. The standard InChI is InChI=1S/C30H28N2O6/c1-36-20-10-8-18(9-11-20)28(33)26-27(23-16-21(37-2)12-13-25(23)38-3)32(30(35)29(26)34)15-14-19-17-31-24-7-5-4-6-22(19)24/h4-13,16-17,27,31,33H,14-15H2,1-3H3. The largest absolute Gasteiger partial charge is 0.507 e. The van der Waals surface area contributed by atoms with E-state index in [2.05, 4.69) is 4.98 Å². The van der Waals surface area contributed by atoms with Crippen LogP contribution in [0.2, 0.25) is 0 Å². The van der Waals surface area contributed by atoms with E-state index in [-0.39, 0.29) is 17.9 Å².